The summed E-state index contributed by atoms with van der Waals surface area (Å²) in [7, 11) is 0. The molecule has 0 aromatic rings. The van der Waals surface area contributed by atoms with E-state index >= 15 is 0 Å². The average Bonchev–Trinajstić information content (AvgIpc) is 2.66. The summed E-state index contributed by atoms with van der Waals surface area (Å²) < 4.78 is 0. The van der Waals surface area contributed by atoms with Crippen molar-refractivity contribution in [2.75, 3.05) is 0 Å². The number of hydrogen-bond acceptors (Lipinski definition) is 1. The number of ketones is 1. The predicted molar refractivity (Wildman–Crippen MR) is 90.1 cm³/mol. The third-order valence-corrected chi connectivity index (χ3v) is 6.00. The average molecular weight is 288 g/mol. The van der Waals surface area contributed by atoms with Crippen molar-refractivity contribution in [1.29, 1.82) is 0 Å². The van der Waals surface area contributed by atoms with Crippen LogP contribution in [0.5, 0.6) is 0 Å². The normalized spacial score (nSPS) is 37.1. The Morgan fingerprint density at radius 3 is 2.57 bits per heavy atom. The number of rotatable bonds is 3. The van der Waals surface area contributed by atoms with E-state index in [1.165, 1.54) is 24.8 Å². The Hall–Kier alpha value is -0.850. The van der Waals surface area contributed by atoms with Crippen molar-refractivity contribution in [2.24, 2.45) is 23.2 Å². The Kier molecular flexibility index (Phi) is 5.11. The topological polar surface area (TPSA) is 17.1 Å². The third kappa shape index (κ3) is 3.67. The van der Waals surface area contributed by atoms with Gasteiger partial charge in [0.1, 0.15) is 5.78 Å². The summed E-state index contributed by atoms with van der Waals surface area (Å²) in [6.45, 7) is 11.1. The van der Waals surface area contributed by atoms with Crippen molar-refractivity contribution in [2.45, 2.75) is 73.1 Å². The van der Waals surface area contributed by atoms with E-state index in [9.17, 15) is 4.79 Å². The lowest BCUT2D eigenvalue weighted by Gasteiger charge is -2.32. The van der Waals surface area contributed by atoms with E-state index in [0.29, 0.717) is 17.6 Å². The minimum Gasteiger partial charge on any atom is -0.299 e. The van der Waals surface area contributed by atoms with Gasteiger partial charge in [0.05, 0.1) is 0 Å². The Bertz CT molecular complexity index is 452. The van der Waals surface area contributed by atoms with Crippen molar-refractivity contribution in [3.8, 4) is 0 Å². The Morgan fingerprint density at radius 2 is 1.90 bits per heavy atom. The summed E-state index contributed by atoms with van der Waals surface area (Å²) in [5.74, 6) is 2.21. The predicted octanol–water partition coefficient (Wildman–Crippen LogP) is 5.71. The first-order valence-electron chi connectivity index (χ1n) is 8.66. The molecule has 2 fully saturated rings. The van der Waals surface area contributed by atoms with E-state index in [1.807, 2.05) is 0 Å². The van der Waals surface area contributed by atoms with Gasteiger partial charge >= 0.3 is 0 Å². The van der Waals surface area contributed by atoms with Crippen LogP contribution < -0.4 is 0 Å². The Morgan fingerprint density at radius 1 is 1.19 bits per heavy atom. The lowest BCUT2D eigenvalue weighted by molar-refractivity contribution is -0.124. The Balaban J connectivity index is 2.13. The van der Waals surface area contributed by atoms with Gasteiger partial charge in [-0.05, 0) is 70.1 Å². The summed E-state index contributed by atoms with van der Waals surface area (Å²) >= 11 is 0. The van der Waals surface area contributed by atoms with Crippen LogP contribution in [-0.2, 0) is 4.79 Å². The molecule has 0 saturated heterocycles. The van der Waals surface area contributed by atoms with E-state index in [0.717, 1.165) is 19.3 Å². The second-order valence-corrected chi connectivity index (χ2v) is 7.99. The molecular weight excluding hydrogens is 256 g/mol. The van der Waals surface area contributed by atoms with Crippen molar-refractivity contribution in [3.63, 3.8) is 0 Å². The van der Waals surface area contributed by atoms with E-state index in [4.69, 9.17) is 0 Å². The number of fused-ring (bicyclic) bond motifs is 1. The first-order valence-corrected chi connectivity index (χ1v) is 8.66. The molecule has 0 N–H and O–H groups in total. The summed E-state index contributed by atoms with van der Waals surface area (Å²) in [5.41, 5.74) is 3.21. The van der Waals surface area contributed by atoms with Crippen LogP contribution in [0.3, 0.4) is 0 Å². The molecule has 0 aromatic carbocycles. The molecule has 0 aromatic heterocycles. The van der Waals surface area contributed by atoms with Gasteiger partial charge in [-0.3, -0.25) is 4.79 Å². The molecule has 1 nitrogen and oxygen atoms in total. The fourth-order valence-corrected chi connectivity index (χ4v) is 4.47. The van der Waals surface area contributed by atoms with Crippen LogP contribution in [0.4, 0.5) is 0 Å². The number of hydrogen-bond donors (Lipinski definition) is 0. The molecule has 21 heavy (non-hydrogen) atoms. The number of carbonyl (C=O) groups is 1. The first-order chi connectivity index (χ1) is 9.83. The lowest BCUT2D eigenvalue weighted by atomic mass is 9.72. The molecular formula is C20H32O. The maximum atomic E-state index is 12.3. The van der Waals surface area contributed by atoms with Crippen molar-refractivity contribution in [3.05, 3.63) is 23.3 Å². The number of Topliss-reactive ketones (excluding diaryl/α,β-unsaturated/α-hetero) is 1. The molecule has 0 amide bonds. The minimum atomic E-state index is 0.262. The van der Waals surface area contributed by atoms with Crippen molar-refractivity contribution < 1.29 is 4.79 Å². The van der Waals surface area contributed by atoms with Gasteiger partial charge in [-0.2, -0.15) is 0 Å². The molecule has 2 aliphatic rings. The van der Waals surface area contributed by atoms with Gasteiger partial charge in [0.15, 0.2) is 0 Å². The standard InChI is InChI=1S/C20H32O/c1-14(2)7-6-8-15(3)17-11-12-20(5)13-19(21)16(4)9-10-18(17)20/h7-8,16-18H,6,9-13H2,1-5H3. The fourth-order valence-electron chi connectivity index (χ4n) is 4.47. The van der Waals surface area contributed by atoms with Crippen LogP contribution in [0.15, 0.2) is 23.3 Å². The highest BCUT2D eigenvalue weighted by Crippen LogP contribution is 2.55. The van der Waals surface area contributed by atoms with Crippen LogP contribution in [0.2, 0.25) is 0 Å². The van der Waals surface area contributed by atoms with E-state index < -0.39 is 0 Å². The highest BCUT2D eigenvalue weighted by molar-refractivity contribution is 5.81. The van der Waals surface area contributed by atoms with Crippen molar-refractivity contribution in [1.82, 2.24) is 0 Å². The molecule has 0 heterocycles. The second kappa shape index (κ2) is 6.50. The summed E-state index contributed by atoms with van der Waals surface area (Å²) in [5, 5.41) is 0. The highest BCUT2D eigenvalue weighted by atomic mass is 16.1. The second-order valence-electron chi connectivity index (χ2n) is 7.99. The molecule has 0 bridgehead atoms. The van der Waals surface area contributed by atoms with Gasteiger partial charge < -0.3 is 0 Å². The zero-order chi connectivity index (χ0) is 15.6. The molecule has 0 aliphatic heterocycles. The van der Waals surface area contributed by atoms with E-state index in [1.54, 1.807) is 5.57 Å². The zero-order valence-corrected chi connectivity index (χ0v) is 14.5. The van der Waals surface area contributed by atoms with Crippen LogP contribution in [0.1, 0.15) is 73.1 Å². The minimum absolute atomic E-state index is 0.262. The molecule has 118 valence electrons. The van der Waals surface area contributed by atoms with Gasteiger partial charge in [-0.25, -0.2) is 0 Å². The third-order valence-electron chi connectivity index (χ3n) is 6.00. The van der Waals surface area contributed by atoms with Gasteiger partial charge in [-0.1, -0.05) is 37.1 Å². The van der Waals surface area contributed by atoms with Crippen LogP contribution in [-0.4, -0.2) is 5.78 Å². The number of carbonyl (C=O) groups excluding carboxylic acids is 1. The van der Waals surface area contributed by atoms with Crippen LogP contribution in [0.25, 0.3) is 0 Å². The highest BCUT2D eigenvalue weighted by Gasteiger charge is 2.48. The summed E-state index contributed by atoms with van der Waals surface area (Å²) in [4.78, 5) is 12.3. The fraction of sp³-hybridized carbons (Fsp3) is 0.750. The molecule has 2 aliphatic carbocycles. The monoisotopic (exact) mass is 288 g/mol. The summed E-state index contributed by atoms with van der Waals surface area (Å²) in [6, 6.07) is 0. The zero-order valence-electron chi connectivity index (χ0n) is 14.5. The molecule has 4 unspecified atom stereocenters. The van der Waals surface area contributed by atoms with Gasteiger partial charge in [0.2, 0.25) is 0 Å². The van der Waals surface area contributed by atoms with Crippen LogP contribution in [0, 0.1) is 23.2 Å². The van der Waals surface area contributed by atoms with Gasteiger partial charge in [0, 0.05) is 12.3 Å². The maximum absolute atomic E-state index is 12.3. The number of allylic oxidation sites excluding steroid dienone is 4. The summed E-state index contributed by atoms with van der Waals surface area (Å²) in [6.07, 6.45) is 11.4. The van der Waals surface area contributed by atoms with Crippen molar-refractivity contribution >= 4 is 5.78 Å². The van der Waals surface area contributed by atoms with Crippen LogP contribution >= 0.6 is 0 Å². The lowest BCUT2D eigenvalue weighted by Crippen LogP contribution is -2.26. The first kappa shape index (κ1) is 16.5. The molecule has 1 heteroatoms. The molecule has 2 rings (SSSR count). The Labute approximate surface area is 130 Å². The molecule has 4 atom stereocenters. The molecule has 2 saturated carbocycles. The van der Waals surface area contributed by atoms with E-state index in [-0.39, 0.29) is 11.3 Å². The smallest absolute Gasteiger partial charge is 0.136 e. The molecule has 0 radical (unpaired) electrons. The van der Waals surface area contributed by atoms with E-state index in [2.05, 4.69) is 46.8 Å². The maximum Gasteiger partial charge on any atom is 0.136 e. The quantitative estimate of drug-likeness (QED) is 0.608. The molecule has 0 spiro atoms. The van der Waals surface area contributed by atoms with Gasteiger partial charge in [0.25, 0.3) is 0 Å². The SMILES string of the molecule is CC(C)=CCC=C(C)C1CCC2(C)CC(=O)C(C)CCC12. The van der Waals surface area contributed by atoms with Gasteiger partial charge in [-0.15, -0.1) is 0 Å². The largest absolute Gasteiger partial charge is 0.299 e.